The zero-order valence-electron chi connectivity index (χ0n) is 8.99. The van der Waals surface area contributed by atoms with Crippen molar-refractivity contribution in [1.82, 2.24) is 4.57 Å². The Kier molecular flexibility index (Phi) is 2.55. The Bertz CT molecular complexity index is 669. The third kappa shape index (κ3) is 1.84. The molecule has 1 aromatic heterocycles. The molecule has 0 radical (unpaired) electrons. The summed E-state index contributed by atoms with van der Waals surface area (Å²) >= 11 is 0. The van der Waals surface area contributed by atoms with E-state index in [-0.39, 0.29) is 11.3 Å². The second-order valence-electron chi connectivity index (χ2n) is 3.42. The molecule has 1 aromatic carbocycles. The standard InChI is InChI=1S/C11H9FN2O3/c1-3-10(15)13-7-5-9-8(4-6(7)12)14(2)11(16)17-9/h3-5H,1H2,2H3,(H,13,15). The van der Waals surface area contributed by atoms with Gasteiger partial charge in [-0.15, -0.1) is 0 Å². The summed E-state index contributed by atoms with van der Waals surface area (Å²) in [6, 6.07) is 2.38. The van der Waals surface area contributed by atoms with Crippen LogP contribution in [-0.4, -0.2) is 10.5 Å². The molecule has 0 unspecified atom stereocenters. The highest BCUT2D eigenvalue weighted by Gasteiger charge is 2.12. The monoisotopic (exact) mass is 236 g/mol. The summed E-state index contributed by atoms with van der Waals surface area (Å²) in [6.07, 6.45) is 1.02. The van der Waals surface area contributed by atoms with Crippen molar-refractivity contribution in [2.75, 3.05) is 5.32 Å². The zero-order valence-corrected chi connectivity index (χ0v) is 8.99. The summed E-state index contributed by atoms with van der Waals surface area (Å²) < 4.78 is 19.7. The summed E-state index contributed by atoms with van der Waals surface area (Å²) in [4.78, 5) is 22.3. The number of anilines is 1. The molecule has 0 atom stereocenters. The highest BCUT2D eigenvalue weighted by molar-refractivity contribution is 5.99. The predicted molar refractivity (Wildman–Crippen MR) is 60.2 cm³/mol. The van der Waals surface area contributed by atoms with Crippen LogP contribution in [0.4, 0.5) is 10.1 Å². The fourth-order valence-electron chi connectivity index (χ4n) is 1.43. The molecule has 6 heteroatoms. The number of nitrogens with one attached hydrogen (secondary N) is 1. The van der Waals surface area contributed by atoms with Gasteiger partial charge in [-0.25, -0.2) is 9.18 Å². The second-order valence-corrected chi connectivity index (χ2v) is 3.42. The summed E-state index contributed by atoms with van der Waals surface area (Å²) in [5.74, 6) is -1.78. The van der Waals surface area contributed by atoms with Gasteiger partial charge in [-0.2, -0.15) is 0 Å². The van der Waals surface area contributed by atoms with Crippen molar-refractivity contribution in [2.45, 2.75) is 0 Å². The number of carbonyl (C=O) groups excluding carboxylic acids is 1. The lowest BCUT2D eigenvalue weighted by atomic mass is 10.2. The van der Waals surface area contributed by atoms with E-state index in [0.29, 0.717) is 5.52 Å². The average Bonchev–Trinajstić information content (AvgIpc) is 2.56. The molecule has 1 heterocycles. The van der Waals surface area contributed by atoms with E-state index in [0.717, 1.165) is 12.1 Å². The van der Waals surface area contributed by atoms with Crippen LogP contribution in [0.25, 0.3) is 11.1 Å². The number of fused-ring (bicyclic) bond motifs is 1. The van der Waals surface area contributed by atoms with Gasteiger partial charge in [0.15, 0.2) is 5.58 Å². The maximum absolute atomic E-state index is 13.6. The largest absolute Gasteiger partial charge is 0.419 e. The molecule has 2 rings (SSSR count). The topological polar surface area (TPSA) is 64.2 Å². The normalized spacial score (nSPS) is 10.5. The molecule has 0 bridgehead atoms. The summed E-state index contributed by atoms with van der Waals surface area (Å²) in [5, 5.41) is 2.28. The molecule has 0 aliphatic heterocycles. The van der Waals surface area contributed by atoms with Gasteiger partial charge in [0.05, 0.1) is 11.2 Å². The van der Waals surface area contributed by atoms with Gasteiger partial charge in [0.1, 0.15) is 5.82 Å². The van der Waals surface area contributed by atoms with Crippen LogP contribution in [0.2, 0.25) is 0 Å². The Hall–Kier alpha value is -2.37. The average molecular weight is 236 g/mol. The number of hydrogen-bond acceptors (Lipinski definition) is 3. The van der Waals surface area contributed by atoms with Crippen LogP contribution >= 0.6 is 0 Å². The van der Waals surface area contributed by atoms with Crippen LogP contribution in [0.5, 0.6) is 0 Å². The smallest absolute Gasteiger partial charge is 0.408 e. The molecule has 0 aliphatic carbocycles. The number of oxazole rings is 1. The summed E-state index contributed by atoms with van der Waals surface area (Å²) in [6.45, 7) is 3.25. The molecule has 2 aromatic rings. The van der Waals surface area contributed by atoms with E-state index in [1.807, 2.05) is 0 Å². The predicted octanol–water partition coefficient (Wildman–Crippen LogP) is 1.40. The maximum Gasteiger partial charge on any atom is 0.419 e. The number of aromatic nitrogens is 1. The molecule has 0 spiro atoms. The van der Waals surface area contributed by atoms with Gasteiger partial charge < -0.3 is 9.73 Å². The molecule has 88 valence electrons. The minimum Gasteiger partial charge on any atom is -0.408 e. The number of halogens is 1. The first-order valence-corrected chi connectivity index (χ1v) is 4.75. The van der Waals surface area contributed by atoms with Gasteiger partial charge in [0, 0.05) is 19.2 Å². The number of carbonyl (C=O) groups is 1. The summed E-state index contributed by atoms with van der Waals surface area (Å²) in [7, 11) is 1.47. The van der Waals surface area contributed by atoms with Gasteiger partial charge in [0.2, 0.25) is 5.91 Å². The highest BCUT2D eigenvalue weighted by Crippen LogP contribution is 2.21. The van der Waals surface area contributed by atoms with Gasteiger partial charge in [-0.05, 0) is 6.08 Å². The van der Waals surface area contributed by atoms with Crippen LogP contribution in [0.3, 0.4) is 0 Å². The fraction of sp³-hybridized carbons (Fsp3) is 0.0909. The third-order valence-electron chi connectivity index (χ3n) is 2.32. The minimum absolute atomic E-state index is 0.0586. The SMILES string of the molecule is C=CC(=O)Nc1cc2oc(=O)n(C)c2cc1F. The van der Waals surface area contributed by atoms with E-state index in [1.54, 1.807) is 0 Å². The van der Waals surface area contributed by atoms with Crippen molar-refractivity contribution in [3.8, 4) is 0 Å². The van der Waals surface area contributed by atoms with Crippen LogP contribution in [0.1, 0.15) is 0 Å². The molecule has 17 heavy (non-hydrogen) atoms. The van der Waals surface area contributed by atoms with Gasteiger partial charge in [0.25, 0.3) is 0 Å². The van der Waals surface area contributed by atoms with Crippen LogP contribution in [0.15, 0.2) is 34.0 Å². The Morgan fingerprint density at radius 1 is 1.59 bits per heavy atom. The molecular weight excluding hydrogens is 227 g/mol. The molecule has 1 amide bonds. The van der Waals surface area contributed by atoms with Gasteiger partial charge in [-0.1, -0.05) is 6.58 Å². The van der Waals surface area contributed by atoms with Crippen LogP contribution < -0.4 is 11.1 Å². The van der Waals surface area contributed by atoms with Crippen molar-refractivity contribution < 1.29 is 13.6 Å². The number of aryl methyl sites for hydroxylation is 1. The van der Waals surface area contributed by atoms with E-state index < -0.39 is 17.5 Å². The van der Waals surface area contributed by atoms with Crippen LogP contribution in [0, 0.1) is 5.82 Å². The molecule has 5 nitrogen and oxygen atoms in total. The lowest BCUT2D eigenvalue weighted by molar-refractivity contribution is -0.111. The van der Waals surface area contributed by atoms with E-state index in [2.05, 4.69) is 11.9 Å². The van der Waals surface area contributed by atoms with E-state index in [4.69, 9.17) is 4.42 Å². The molecule has 0 fully saturated rings. The van der Waals surface area contributed by atoms with Crippen molar-refractivity contribution in [3.63, 3.8) is 0 Å². The van der Waals surface area contributed by atoms with E-state index >= 15 is 0 Å². The van der Waals surface area contributed by atoms with Crippen molar-refractivity contribution in [2.24, 2.45) is 7.05 Å². The Balaban J connectivity index is 2.59. The maximum atomic E-state index is 13.6. The highest BCUT2D eigenvalue weighted by atomic mass is 19.1. The Labute approximate surface area is 95.1 Å². The lowest BCUT2D eigenvalue weighted by Gasteiger charge is -2.03. The molecule has 0 saturated heterocycles. The Morgan fingerprint density at radius 2 is 2.29 bits per heavy atom. The second kappa shape index (κ2) is 3.89. The summed E-state index contributed by atoms with van der Waals surface area (Å²) in [5.41, 5.74) is 0.471. The first kappa shape index (κ1) is 11.1. The van der Waals surface area contributed by atoms with E-state index in [1.165, 1.54) is 17.7 Å². The van der Waals surface area contributed by atoms with Gasteiger partial charge in [-0.3, -0.25) is 9.36 Å². The number of hydrogen-bond donors (Lipinski definition) is 1. The third-order valence-corrected chi connectivity index (χ3v) is 2.32. The lowest BCUT2D eigenvalue weighted by Crippen LogP contribution is -2.09. The van der Waals surface area contributed by atoms with Crippen molar-refractivity contribution in [3.05, 3.63) is 41.2 Å². The van der Waals surface area contributed by atoms with E-state index in [9.17, 15) is 14.0 Å². The molecule has 0 saturated carbocycles. The van der Waals surface area contributed by atoms with Crippen molar-refractivity contribution >= 4 is 22.7 Å². The quantitative estimate of drug-likeness (QED) is 0.801. The number of nitrogens with zero attached hydrogens (tertiary/aromatic N) is 1. The minimum atomic E-state index is -0.649. The fourth-order valence-corrected chi connectivity index (χ4v) is 1.43. The van der Waals surface area contributed by atoms with Crippen LogP contribution in [-0.2, 0) is 11.8 Å². The first-order chi connectivity index (χ1) is 8.02. The molecule has 0 aliphatic rings. The number of rotatable bonds is 2. The van der Waals surface area contributed by atoms with Crippen molar-refractivity contribution in [1.29, 1.82) is 0 Å². The van der Waals surface area contributed by atoms with Gasteiger partial charge >= 0.3 is 5.76 Å². The molecule has 1 N–H and O–H groups in total. The number of amides is 1. The number of benzene rings is 1. The molecular formula is C11H9FN2O3. The zero-order chi connectivity index (χ0) is 12.6. The Morgan fingerprint density at radius 3 is 2.94 bits per heavy atom. The first-order valence-electron chi connectivity index (χ1n) is 4.75.